The lowest BCUT2D eigenvalue weighted by molar-refractivity contribution is -0.118. The first-order valence-corrected chi connectivity index (χ1v) is 8.76. The Hall–Kier alpha value is -2.92. The van der Waals surface area contributed by atoms with Crippen molar-refractivity contribution < 1.29 is 18.7 Å². The molecule has 4 nitrogen and oxygen atoms in total. The van der Waals surface area contributed by atoms with E-state index in [0.717, 1.165) is 22.4 Å². The van der Waals surface area contributed by atoms with Crippen LogP contribution in [0.4, 0.5) is 4.39 Å². The van der Waals surface area contributed by atoms with E-state index in [1.54, 1.807) is 25.3 Å². The van der Waals surface area contributed by atoms with Crippen molar-refractivity contribution in [1.82, 2.24) is 5.32 Å². The van der Waals surface area contributed by atoms with Crippen LogP contribution < -0.4 is 10.1 Å². The number of carbonyl (C=O) groups excluding carboxylic acids is 1. The first kappa shape index (κ1) is 18.9. The molecule has 0 saturated carbocycles. The number of hydrogen-bond acceptors (Lipinski definition) is 3. The average molecular weight is 367 g/mol. The SMILES string of the molecule is C=CC1=C(C(=O)NCCc2ccc(F)cc2)C(c2ccc(OC)cc2)OC1. The number of nitrogens with one attached hydrogen (secondary N) is 1. The molecular formula is C22H22FNO3. The maximum Gasteiger partial charge on any atom is 0.250 e. The fourth-order valence-electron chi connectivity index (χ4n) is 3.04. The molecule has 0 saturated heterocycles. The molecule has 5 heteroatoms. The summed E-state index contributed by atoms with van der Waals surface area (Å²) in [5.41, 5.74) is 3.21. The Morgan fingerprint density at radius 3 is 2.59 bits per heavy atom. The van der Waals surface area contributed by atoms with E-state index in [-0.39, 0.29) is 11.7 Å². The van der Waals surface area contributed by atoms with Gasteiger partial charge in [0, 0.05) is 6.54 Å². The van der Waals surface area contributed by atoms with Gasteiger partial charge in [-0.15, -0.1) is 0 Å². The number of rotatable bonds is 7. The van der Waals surface area contributed by atoms with Crippen molar-refractivity contribution in [2.75, 3.05) is 20.3 Å². The van der Waals surface area contributed by atoms with E-state index in [1.165, 1.54) is 12.1 Å². The van der Waals surface area contributed by atoms with Crippen LogP contribution in [-0.4, -0.2) is 26.2 Å². The lowest BCUT2D eigenvalue weighted by atomic mass is 9.98. The van der Waals surface area contributed by atoms with Crippen LogP contribution in [0, 0.1) is 5.82 Å². The smallest absolute Gasteiger partial charge is 0.250 e. The van der Waals surface area contributed by atoms with Gasteiger partial charge in [0.05, 0.1) is 19.3 Å². The predicted molar refractivity (Wildman–Crippen MR) is 102 cm³/mol. The Bertz CT molecular complexity index is 841. The zero-order valence-corrected chi connectivity index (χ0v) is 15.2. The molecule has 140 valence electrons. The van der Waals surface area contributed by atoms with E-state index < -0.39 is 6.10 Å². The third-order valence-electron chi connectivity index (χ3n) is 4.54. The fraction of sp³-hybridized carbons (Fsp3) is 0.227. The average Bonchev–Trinajstić information content (AvgIpc) is 3.13. The second-order valence-corrected chi connectivity index (χ2v) is 6.24. The van der Waals surface area contributed by atoms with E-state index >= 15 is 0 Å². The van der Waals surface area contributed by atoms with E-state index in [1.807, 2.05) is 24.3 Å². The van der Waals surface area contributed by atoms with Gasteiger partial charge in [-0.2, -0.15) is 0 Å². The summed E-state index contributed by atoms with van der Waals surface area (Å²) in [6.45, 7) is 4.59. The lowest BCUT2D eigenvalue weighted by Gasteiger charge is -2.16. The third kappa shape index (κ3) is 4.44. The second kappa shape index (κ2) is 8.64. The highest BCUT2D eigenvalue weighted by Crippen LogP contribution is 2.35. The molecule has 1 heterocycles. The molecule has 27 heavy (non-hydrogen) atoms. The number of methoxy groups -OCH3 is 1. The molecule has 1 atom stereocenters. The Balaban J connectivity index is 1.69. The number of benzene rings is 2. The van der Waals surface area contributed by atoms with Gasteiger partial charge in [-0.05, 0) is 47.4 Å². The van der Waals surface area contributed by atoms with Crippen LogP contribution >= 0.6 is 0 Å². The normalized spacial score (nSPS) is 16.3. The Kier molecular flexibility index (Phi) is 6.04. The van der Waals surface area contributed by atoms with Gasteiger partial charge in [0.15, 0.2) is 0 Å². The molecule has 1 N–H and O–H groups in total. The van der Waals surface area contributed by atoms with Crippen LogP contribution in [0.25, 0.3) is 0 Å². The highest BCUT2D eigenvalue weighted by Gasteiger charge is 2.31. The summed E-state index contributed by atoms with van der Waals surface area (Å²) in [6, 6.07) is 13.7. The van der Waals surface area contributed by atoms with Gasteiger partial charge in [0.2, 0.25) is 0 Å². The van der Waals surface area contributed by atoms with Crippen molar-refractivity contribution in [3.63, 3.8) is 0 Å². The van der Waals surface area contributed by atoms with E-state index in [9.17, 15) is 9.18 Å². The second-order valence-electron chi connectivity index (χ2n) is 6.24. The van der Waals surface area contributed by atoms with E-state index in [2.05, 4.69) is 11.9 Å². The van der Waals surface area contributed by atoms with Gasteiger partial charge in [0.1, 0.15) is 17.7 Å². The van der Waals surface area contributed by atoms with Crippen LogP contribution in [0.15, 0.2) is 72.3 Å². The van der Waals surface area contributed by atoms with Crippen LogP contribution in [0.1, 0.15) is 17.2 Å². The number of carbonyl (C=O) groups is 1. The number of ether oxygens (including phenoxy) is 2. The van der Waals surface area contributed by atoms with Gasteiger partial charge >= 0.3 is 0 Å². The highest BCUT2D eigenvalue weighted by molar-refractivity contribution is 5.96. The van der Waals surface area contributed by atoms with Gasteiger partial charge in [0.25, 0.3) is 5.91 Å². The molecule has 0 aromatic heterocycles. The molecule has 0 fully saturated rings. The summed E-state index contributed by atoms with van der Waals surface area (Å²) < 4.78 is 24.0. The minimum absolute atomic E-state index is 0.176. The summed E-state index contributed by atoms with van der Waals surface area (Å²) in [5, 5.41) is 2.93. The lowest BCUT2D eigenvalue weighted by Crippen LogP contribution is -2.29. The van der Waals surface area contributed by atoms with Crippen molar-refractivity contribution in [2.45, 2.75) is 12.5 Å². The number of halogens is 1. The molecule has 2 aromatic rings. The van der Waals surface area contributed by atoms with E-state index in [4.69, 9.17) is 9.47 Å². The molecule has 1 unspecified atom stereocenters. The maximum absolute atomic E-state index is 13.0. The zero-order chi connectivity index (χ0) is 19.2. The summed E-state index contributed by atoms with van der Waals surface area (Å²) in [6.07, 6.45) is 1.85. The van der Waals surface area contributed by atoms with Crippen LogP contribution in [0.2, 0.25) is 0 Å². The molecule has 0 spiro atoms. The maximum atomic E-state index is 13.0. The monoisotopic (exact) mass is 367 g/mol. The van der Waals surface area contributed by atoms with Gasteiger partial charge in [-0.1, -0.05) is 36.9 Å². The minimum atomic E-state index is -0.435. The number of amides is 1. The largest absolute Gasteiger partial charge is 0.497 e. The van der Waals surface area contributed by atoms with Crippen molar-refractivity contribution in [3.8, 4) is 5.75 Å². The predicted octanol–water partition coefficient (Wildman–Crippen LogP) is 3.75. The summed E-state index contributed by atoms with van der Waals surface area (Å²) in [7, 11) is 1.61. The standard InChI is InChI=1S/C22H22FNO3/c1-3-16-14-27-21(17-6-10-19(26-2)11-7-17)20(16)22(25)24-13-12-15-4-8-18(23)9-5-15/h3-11,21H,1,12-14H2,2H3,(H,24,25). The highest BCUT2D eigenvalue weighted by atomic mass is 19.1. The van der Waals surface area contributed by atoms with Crippen LogP contribution in [-0.2, 0) is 16.0 Å². The van der Waals surface area contributed by atoms with Gasteiger partial charge < -0.3 is 14.8 Å². The Morgan fingerprint density at radius 1 is 1.26 bits per heavy atom. The Morgan fingerprint density at radius 2 is 1.96 bits per heavy atom. The fourth-order valence-corrected chi connectivity index (χ4v) is 3.04. The Labute approximate surface area is 158 Å². The molecule has 1 aliphatic rings. The van der Waals surface area contributed by atoms with Crippen molar-refractivity contribution in [2.24, 2.45) is 0 Å². The van der Waals surface area contributed by atoms with Crippen molar-refractivity contribution >= 4 is 5.91 Å². The molecular weight excluding hydrogens is 345 g/mol. The summed E-state index contributed by atoms with van der Waals surface area (Å²) in [4.78, 5) is 12.8. The first-order valence-electron chi connectivity index (χ1n) is 8.76. The van der Waals surface area contributed by atoms with Gasteiger partial charge in [-0.3, -0.25) is 4.79 Å². The molecule has 0 radical (unpaired) electrons. The molecule has 0 aliphatic carbocycles. The molecule has 2 aromatic carbocycles. The van der Waals surface area contributed by atoms with E-state index in [0.29, 0.717) is 25.1 Å². The van der Waals surface area contributed by atoms with Crippen molar-refractivity contribution in [1.29, 1.82) is 0 Å². The van der Waals surface area contributed by atoms with Crippen LogP contribution in [0.3, 0.4) is 0 Å². The first-order chi connectivity index (χ1) is 13.1. The molecule has 0 bridgehead atoms. The zero-order valence-electron chi connectivity index (χ0n) is 15.2. The minimum Gasteiger partial charge on any atom is -0.497 e. The summed E-state index contributed by atoms with van der Waals surface area (Å²) >= 11 is 0. The van der Waals surface area contributed by atoms with Crippen LogP contribution in [0.5, 0.6) is 5.75 Å². The molecule has 1 amide bonds. The molecule has 1 aliphatic heterocycles. The molecule has 3 rings (SSSR count). The van der Waals surface area contributed by atoms with Gasteiger partial charge in [-0.25, -0.2) is 4.39 Å². The quantitative estimate of drug-likeness (QED) is 0.811. The summed E-state index contributed by atoms with van der Waals surface area (Å²) in [5.74, 6) is 0.300. The number of hydrogen-bond donors (Lipinski definition) is 1. The topological polar surface area (TPSA) is 47.6 Å². The van der Waals surface area contributed by atoms with Crippen molar-refractivity contribution in [3.05, 3.63) is 89.3 Å². The third-order valence-corrected chi connectivity index (χ3v) is 4.54.